The predicted molar refractivity (Wildman–Crippen MR) is 76.0 cm³/mol. The molecule has 0 saturated heterocycles. The van der Waals surface area contributed by atoms with Gasteiger partial charge < -0.3 is 0 Å². The number of rotatable bonds is 4. The van der Waals surface area contributed by atoms with Gasteiger partial charge >= 0.3 is 0 Å². The number of likely N-dealkylation sites (N-methyl/N-ethyl adjacent to an activating group) is 1. The van der Waals surface area contributed by atoms with E-state index in [-0.39, 0.29) is 6.04 Å². The zero-order valence-corrected chi connectivity index (χ0v) is 11.5. The molecule has 0 aliphatic heterocycles. The van der Waals surface area contributed by atoms with Crippen molar-refractivity contribution in [2.24, 2.45) is 5.92 Å². The SMILES string of the molecule is CN(C)C(C(=O)C1CC1)c1csc2ccccc12. The highest BCUT2D eigenvalue weighted by Crippen LogP contribution is 2.39. The minimum atomic E-state index is -0.0753. The Morgan fingerprint density at radius 2 is 2.06 bits per heavy atom. The maximum absolute atomic E-state index is 12.5. The summed E-state index contributed by atoms with van der Waals surface area (Å²) < 4.78 is 1.27. The monoisotopic (exact) mass is 259 g/mol. The molecule has 1 heterocycles. The minimum Gasteiger partial charge on any atom is -0.297 e. The van der Waals surface area contributed by atoms with Crippen LogP contribution in [0.5, 0.6) is 0 Å². The molecule has 1 atom stereocenters. The van der Waals surface area contributed by atoms with Crippen LogP contribution in [0.25, 0.3) is 10.1 Å². The first kappa shape index (κ1) is 11.9. The van der Waals surface area contributed by atoms with E-state index >= 15 is 0 Å². The summed E-state index contributed by atoms with van der Waals surface area (Å²) in [5, 5.41) is 3.38. The van der Waals surface area contributed by atoms with E-state index in [4.69, 9.17) is 0 Å². The molecule has 2 nitrogen and oxygen atoms in total. The maximum Gasteiger partial charge on any atom is 0.157 e. The predicted octanol–water partition coefficient (Wildman–Crippen LogP) is 3.48. The number of carbonyl (C=O) groups excluding carboxylic acids is 1. The van der Waals surface area contributed by atoms with Crippen molar-refractivity contribution >= 4 is 27.2 Å². The number of benzene rings is 1. The van der Waals surface area contributed by atoms with Gasteiger partial charge in [-0.1, -0.05) is 18.2 Å². The molecule has 1 fully saturated rings. The van der Waals surface area contributed by atoms with E-state index in [2.05, 4.69) is 28.5 Å². The molecular weight excluding hydrogens is 242 g/mol. The molecule has 2 aromatic rings. The van der Waals surface area contributed by atoms with Crippen LogP contribution in [0.3, 0.4) is 0 Å². The fourth-order valence-corrected chi connectivity index (χ4v) is 3.47. The third kappa shape index (κ3) is 1.98. The normalized spacial score (nSPS) is 17.3. The summed E-state index contributed by atoms with van der Waals surface area (Å²) in [5.41, 5.74) is 1.18. The second kappa shape index (κ2) is 4.48. The molecule has 3 heteroatoms. The number of hydrogen-bond donors (Lipinski definition) is 0. The van der Waals surface area contributed by atoms with Crippen molar-refractivity contribution in [3.8, 4) is 0 Å². The Balaban J connectivity index is 2.06. The number of nitrogens with zero attached hydrogens (tertiary/aromatic N) is 1. The lowest BCUT2D eigenvalue weighted by atomic mass is 9.98. The molecule has 0 N–H and O–H groups in total. The molecule has 0 bridgehead atoms. The summed E-state index contributed by atoms with van der Waals surface area (Å²) in [7, 11) is 3.99. The Morgan fingerprint density at radius 3 is 2.72 bits per heavy atom. The quantitative estimate of drug-likeness (QED) is 0.837. The van der Waals surface area contributed by atoms with Gasteiger partial charge in [-0.25, -0.2) is 0 Å². The second-order valence-electron chi connectivity index (χ2n) is 5.23. The summed E-state index contributed by atoms with van der Waals surface area (Å²) in [6.45, 7) is 0. The van der Waals surface area contributed by atoms with Gasteiger partial charge in [0, 0.05) is 10.6 Å². The van der Waals surface area contributed by atoms with Gasteiger partial charge in [0.15, 0.2) is 5.78 Å². The van der Waals surface area contributed by atoms with Gasteiger partial charge in [0.25, 0.3) is 0 Å². The molecule has 18 heavy (non-hydrogen) atoms. The van der Waals surface area contributed by atoms with Crippen LogP contribution in [0.1, 0.15) is 24.4 Å². The lowest BCUT2D eigenvalue weighted by Crippen LogP contribution is -2.28. The molecule has 1 saturated carbocycles. The number of thiophene rings is 1. The smallest absolute Gasteiger partial charge is 0.157 e. The first-order valence-corrected chi connectivity index (χ1v) is 7.22. The van der Waals surface area contributed by atoms with E-state index in [1.807, 2.05) is 20.2 Å². The first-order valence-electron chi connectivity index (χ1n) is 6.35. The van der Waals surface area contributed by atoms with Crippen LogP contribution in [-0.4, -0.2) is 24.8 Å². The number of carbonyl (C=O) groups is 1. The van der Waals surface area contributed by atoms with E-state index in [0.717, 1.165) is 12.8 Å². The number of hydrogen-bond acceptors (Lipinski definition) is 3. The molecule has 1 aliphatic carbocycles. The van der Waals surface area contributed by atoms with Crippen molar-refractivity contribution < 1.29 is 4.79 Å². The molecule has 1 aliphatic rings. The van der Waals surface area contributed by atoms with Crippen LogP contribution >= 0.6 is 11.3 Å². The van der Waals surface area contributed by atoms with E-state index in [1.54, 1.807) is 11.3 Å². The maximum atomic E-state index is 12.5. The van der Waals surface area contributed by atoms with Crippen LogP contribution in [0, 0.1) is 5.92 Å². The fraction of sp³-hybridized carbons (Fsp3) is 0.400. The van der Waals surface area contributed by atoms with Crippen LogP contribution in [0.2, 0.25) is 0 Å². The van der Waals surface area contributed by atoms with Crippen molar-refractivity contribution in [2.45, 2.75) is 18.9 Å². The Morgan fingerprint density at radius 1 is 1.33 bits per heavy atom. The standard InChI is InChI=1S/C15H17NOS/c1-16(2)14(15(17)10-7-8-10)12-9-18-13-6-4-3-5-11(12)13/h3-6,9-10,14H,7-8H2,1-2H3. The highest BCUT2D eigenvalue weighted by molar-refractivity contribution is 7.17. The number of fused-ring (bicyclic) bond motifs is 1. The van der Waals surface area contributed by atoms with Gasteiger partial charge in [-0.2, -0.15) is 0 Å². The molecular formula is C15H17NOS. The third-order valence-electron chi connectivity index (χ3n) is 3.57. The fourth-order valence-electron chi connectivity index (χ4n) is 2.49. The molecule has 0 spiro atoms. The van der Waals surface area contributed by atoms with Gasteiger partial charge in [0.1, 0.15) is 0 Å². The summed E-state index contributed by atoms with van der Waals surface area (Å²) >= 11 is 1.73. The summed E-state index contributed by atoms with van der Waals surface area (Å²) in [6, 6.07) is 8.27. The Kier molecular flexibility index (Phi) is 2.96. The van der Waals surface area contributed by atoms with Gasteiger partial charge in [-0.05, 0) is 49.3 Å². The lowest BCUT2D eigenvalue weighted by molar-refractivity contribution is -0.124. The van der Waals surface area contributed by atoms with Gasteiger partial charge in [0.05, 0.1) is 6.04 Å². The molecule has 3 rings (SSSR count). The van der Waals surface area contributed by atoms with Crippen molar-refractivity contribution in [2.75, 3.05) is 14.1 Å². The molecule has 0 radical (unpaired) electrons. The van der Waals surface area contributed by atoms with E-state index < -0.39 is 0 Å². The Bertz CT molecular complexity index is 583. The highest BCUT2D eigenvalue weighted by atomic mass is 32.1. The van der Waals surface area contributed by atoms with Crippen LogP contribution in [0.15, 0.2) is 29.6 Å². The van der Waals surface area contributed by atoms with Crippen molar-refractivity contribution in [3.63, 3.8) is 0 Å². The van der Waals surface area contributed by atoms with Gasteiger partial charge in [0.2, 0.25) is 0 Å². The van der Waals surface area contributed by atoms with Gasteiger partial charge in [-0.3, -0.25) is 9.69 Å². The van der Waals surface area contributed by atoms with E-state index in [1.165, 1.54) is 15.6 Å². The summed E-state index contributed by atoms with van der Waals surface area (Å²) in [5.74, 6) is 0.694. The average molecular weight is 259 g/mol. The average Bonchev–Trinajstić information content (AvgIpc) is 3.12. The molecule has 1 aromatic carbocycles. The highest BCUT2D eigenvalue weighted by Gasteiger charge is 2.37. The van der Waals surface area contributed by atoms with Crippen LogP contribution in [0.4, 0.5) is 0 Å². The van der Waals surface area contributed by atoms with Gasteiger partial charge in [-0.15, -0.1) is 11.3 Å². The van der Waals surface area contributed by atoms with Crippen LogP contribution in [-0.2, 0) is 4.79 Å². The lowest BCUT2D eigenvalue weighted by Gasteiger charge is -2.22. The van der Waals surface area contributed by atoms with Crippen molar-refractivity contribution in [1.82, 2.24) is 4.90 Å². The summed E-state index contributed by atoms with van der Waals surface area (Å²) in [6.07, 6.45) is 2.15. The number of ketones is 1. The third-order valence-corrected chi connectivity index (χ3v) is 4.55. The summed E-state index contributed by atoms with van der Waals surface area (Å²) in [4.78, 5) is 14.5. The van der Waals surface area contributed by atoms with Crippen molar-refractivity contribution in [1.29, 1.82) is 0 Å². The van der Waals surface area contributed by atoms with Crippen LogP contribution < -0.4 is 0 Å². The van der Waals surface area contributed by atoms with Crippen molar-refractivity contribution in [3.05, 3.63) is 35.2 Å². The zero-order valence-electron chi connectivity index (χ0n) is 10.7. The second-order valence-corrected chi connectivity index (χ2v) is 6.14. The Hall–Kier alpha value is -1.19. The zero-order chi connectivity index (χ0) is 12.7. The largest absolute Gasteiger partial charge is 0.297 e. The van der Waals surface area contributed by atoms with E-state index in [0.29, 0.717) is 11.7 Å². The molecule has 0 amide bonds. The number of Topliss-reactive ketones (excluding diaryl/α,β-unsaturated/α-hetero) is 1. The van der Waals surface area contributed by atoms with E-state index in [9.17, 15) is 4.79 Å². The molecule has 94 valence electrons. The topological polar surface area (TPSA) is 20.3 Å². The first-order chi connectivity index (χ1) is 8.68. The minimum absolute atomic E-state index is 0.0753. The Labute approximate surface area is 111 Å². The molecule has 1 aromatic heterocycles. The molecule has 1 unspecified atom stereocenters.